The van der Waals surface area contributed by atoms with Gasteiger partial charge in [-0.2, -0.15) is 0 Å². The summed E-state index contributed by atoms with van der Waals surface area (Å²) in [6.45, 7) is 0.292. The lowest BCUT2D eigenvalue weighted by molar-refractivity contribution is -0.136. The number of nitrogens with zero attached hydrogens (tertiary/aromatic N) is 1. The third-order valence-electron chi connectivity index (χ3n) is 1.40. The van der Waals surface area contributed by atoms with E-state index in [1.807, 2.05) is 0 Å². The molecule has 5 heteroatoms. The van der Waals surface area contributed by atoms with Gasteiger partial charge in [-0.25, -0.2) is 0 Å². The van der Waals surface area contributed by atoms with E-state index >= 15 is 0 Å². The molecule has 0 bridgehead atoms. The number of aryl methyl sites for hydroxylation is 1. The van der Waals surface area contributed by atoms with Gasteiger partial charge in [0.1, 0.15) is 0 Å². The highest BCUT2D eigenvalue weighted by Crippen LogP contribution is 2.04. The molecular weight excluding hydrogens is 160 g/mol. The lowest BCUT2D eigenvalue weighted by atomic mass is 10.2. The Bertz CT molecular complexity index is 269. The summed E-state index contributed by atoms with van der Waals surface area (Å²) in [5, 5.41) is 12.0. The van der Waals surface area contributed by atoms with Crippen molar-refractivity contribution in [3.05, 3.63) is 17.5 Å². The van der Waals surface area contributed by atoms with Gasteiger partial charge in [0.2, 0.25) is 0 Å². The molecule has 12 heavy (non-hydrogen) atoms. The van der Waals surface area contributed by atoms with Crippen molar-refractivity contribution >= 4 is 5.97 Å². The van der Waals surface area contributed by atoms with Crippen LogP contribution in [0.25, 0.3) is 0 Å². The van der Waals surface area contributed by atoms with Gasteiger partial charge in [-0.1, -0.05) is 5.16 Å². The van der Waals surface area contributed by atoms with E-state index in [0.29, 0.717) is 24.4 Å². The van der Waals surface area contributed by atoms with Gasteiger partial charge in [-0.3, -0.25) is 4.79 Å². The molecule has 1 aromatic heterocycles. The predicted molar refractivity (Wildman–Crippen MR) is 40.4 cm³/mol. The summed E-state index contributed by atoms with van der Waals surface area (Å²) in [4.78, 5) is 10.2. The smallest absolute Gasteiger partial charge is 0.303 e. The molecule has 0 aromatic carbocycles. The fraction of sp³-hybridized carbons (Fsp3) is 0.429. The van der Waals surface area contributed by atoms with Crippen LogP contribution >= 0.6 is 0 Å². The molecule has 0 fully saturated rings. The van der Waals surface area contributed by atoms with E-state index in [9.17, 15) is 4.79 Å². The van der Waals surface area contributed by atoms with Gasteiger partial charge in [-0.15, -0.1) is 0 Å². The van der Waals surface area contributed by atoms with Crippen LogP contribution in [0.4, 0.5) is 0 Å². The van der Waals surface area contributed by atoms with E-state index in [4.69, 9.17) is 15.4 Å². The number of nitrogens with two attached hydrogens (primary N) is 1. The molecule has 0 aliphatic rings. The Balaban J connectivity index is 2.47. The second kappa shape index (κ2) is 3.87. The number of carbonyl (C=O) groups is 1. The summed E-state index contributed by atoms with van der Waals surface area (Å²) >= 11 is 0. The average molecular weight is 170 g/mol. The Hall–Kier alpha value is -1.36. The van der Waals surface area contributed by atoms with Gasteiger partial charge in [0, 0.05) is 12.5 Å². The van der Waals surface area contributed by atoms with Crippen LogP contribution in [0.3, 0.4) is 0 Å². The molecule has 0 atom stereocenters. The second-order valence-electron chi connectivity index (χ2n) is 2.38. The normalized spacial score (nSPS) is 10.1. The summed E-state index contributed by atoms with van der Waals surface area (Å²) in [6.07, 6.45) is 0.454. The van der Waals surface area contributed by atoms with Gasteiger partial charge in [0.25, 0.3) is 0 Å². The van der Waals surface area contributed by atoms with Crippen molar-refractivity contribution in [3.8, 4) is 0 Å². The molecule has 0 amide bonds. The van der Waals surface area contributed by atoms with Gasteiger partial charge in [0.15, 0.2) is 5.76 Å². The molecule has 1 heterocycles. The lowest BCUT2D eigenvalue weighted by Gasteiger charge is -1.87. The Morgan fingerprint density at radius 3 is 3.00 bits per heavy atom. The van der Waals surface area contributed by atoms with Gasteiger partial charge >= 0.3 is 5.97 Å². The predicted octanol–water partition coefficient (Wildman–Crippen LogP) is 0.151. The summed E-state index contributed by atoms with van der Waals surface area (Å²) in [7, 11) is 0. The summed E-state index contributed by atoms with van der Waals surface area (Å²) in [5.74, 6) is -0.261. The minimum Gasteiger partial charge on any atom is -0.481 e. The van der Waals surface area contributed by atoms with Crippen LogP contribution in [0.5, 0.6) is 0 Å². The minimum atomic E-state index is -0.840. The van der Waals surface area contributed by atoms with Crippen LogP contribution in [-0.2, 0) is 17.8 Å². The zero-order valence-corrected chi connectivity index (χ0v) is 6.49. The number of rotatable bonds is 4. The molecule has 1 aromatic rings. The van der Waals surface area contributed by atoms with Gasteiger partial charge in [-0.05, 0) is 0 Å². The first kappa shape index (κ1) is 8.73. The summed E-state index contributed by atoms with van der Waals surface area (Å²) < 4.78 is 4.78. The first-order valence-electron chi connectivity index (χ1n) is 3.58. The van der Waals surface area contributed by atoms with Gasteiger partial charge in [0.05, 0.1) is 18.7 Å². The summed E-state index contributed by atoms with van der Waals surface area (Å²) in [5.41, 5.74) is 5.91. The maximum absolute atomic E-state index is 10.2. The molecule has 66 valence electrons. The minimum absolute atomic E-state index is 0.0660. The fourth-order valence-electron chi connectivity index (χ4n) is 0.805. The fourth-order valence-corrected chi connectivity index (χ4v) is 0.805. The SMILES string of the molecule is NCc1cc(CCC(=O)O)no1. The Labute approximate surface area is 69.2 Å². The quantitative estimate of drug-likeness (QED) is 0.671. The zero-order chi connectivity index (χ0) is 8.97. The lowest BCUT2D eigenvalue weighted by Crippen LogP contribution is -1.97. The molecule has 0 saturated carbocycles. The maximum atomic E-state index is 10.2. The first-order valence-corrected chi connectivity index (χ1v) is 3.58. The average Bonchev–Trinajstić information content (AvgIpc) is 2.48. The molecule has 5 nitrogen and oxygen atoms in total. The van der Waals surface area contributed by atoms with Crippen LogP contribution in [0.15, 0.2) is 10.6 Å². The van der Waals surface area contributed by atoms with E-state index in [1.165, 1.54) is 0 Å². The highest BCUT2D eigenvalue weighted by molar-refractivity contribution is 5.66. The van der Waals surface area contributed by atoms with E-state index in [2.05, 4.69) is 5.16 Å². The molecule has 0 unspecified atom stereocenters. The van der Waals surface area contributed by atoms with Crippen molar-refractivity contribution in [3.63, 3.8) is 0 Å². The number of carboxylic acids is 1. The van der Waals surface area contributed by atoms with E-state index < -0.39 is 5.97 Å². The molecule has 1 rings (SSSR count). The molecule has 0 saturated heterocycles. The van der Waals surface area contributed by atoms with Crippen molar-refractivity contribution in [2.24, 2.45) is 5.73 Å². The van der Waals surface area contributed by atoms with Crippen LogP contribution < -0.4 is 5.73 Å². The van der Waals surface area contributed by atoms with E-state index in [0.717, 1.165) is 0 Å². The molecule has 3 N–H and O–H groups in total. The third-order valence-corrected chi connectivity index (χ3v) is 1.40. The monoisotopic (exact) mass is 170 g/mol. The Morgan fingerprint density at radius 2 is 2.50 bits per heavy atom. The van der Waals surface area contributed by atoms with Crippen LogP contribution in [0.1, 0.15) is 17.9 Å². The molecular formula is C7H10N2O3. The Morgan fingerprint density at radius 1 is 1.75 bits per heavy atom. The molecule has 0 aliphatic carbocycles. The van der Waals surface area contributed by atoms with Crippen molar-refractivity contribution in [1.29, 1.82) is 0 Å². The highest BCUT2D eigenvalue weighted by Gasteiger charge is 2.04. The second-order valence-corrected chi connectivity index (χ2v) is 2.38. The maximum Gasteiger partial charge on any atom is 0.303 e. The largest absolute Gasteiger partial charge is 0.481 e. The van der Waals surface area contributed by atoms with E-state index in [-0.39, 0.29) is 6.42 Å². The van der Waals surface area contributed by atoms with Crippen molar-refractivity contribution in [2.45, 2.75) is 19.4 Å². The van der Waals surface area contributed by atoms with E-state index in [1.54, 1.807) is 6.07 Å². The first-order chi connectivity index (χ1) is 5.72. The molecule has 0 spiro atoms. The number of aliphatic carboxylic acids is 1. The Kier molecular flexibility index (Phi) is 2.82. The summed E-state index contributed by atoms with van der Waals surface area (Å²) in [6, 6.07) is 1.67. The molecule has 0 radical (unpaired) electrons. The highest BCUT2D eigenvalue weighted by atomic mass is 16.5. The topological polar surface area (TPSA) is 89.4 Å². The number of hydrogen-bond donors (Lipinski definition) is 2. The van der Waals surface area contributed by atoms with Crippen molar-refractivity contribution in [2.75, 3.05) is 0 Å². The molecule has 0 aliphatic heterocycles. The van der Waals surface area contributed by atoms with Gasteiger partial charge < -0.3 is 15.4 Å². The number of hydrogen-bond acceptors (Lipinski definition) is 4. The van der Waals surface area contributed by atoms with Crippen LogP contribution in [-0.4, -0.2) is 16.2 Å². The van der Waals surface area contributed by atoms with Crippen molar-refractivity contribution in [1.82, 2.24) is 5.16 Å². The van der Waals surface area contributed by atoms with Crippen LogP contribution in [0, 0.1) is 0 Å². The third kappa shape index (κ3) is 2.35. The standard InChI is InChI=1S/C7H10N2O3/c8-4-6-3-5(9-12-6)1-2-7(10)11/h3H,1-2,4,8H2,(H,10,11). The van der Waals surface area contributed by atoms with Crippen molar-refractivity contribution < 1.29 is 14.4 Å². The van der Waals surface area contributed by atoms with Crippen LogP contribution in [0.2, 0.25) is 0 Å². The number of carboxylic acid groups (broad SMARTS) is 1. The number of aromatic nitrogens is 1. The zero-order valence-electron chi connectivity index (χ0n) is 6.49.